The number of aliphatic hydroxyl groups is 1. The summed E-state index contributed by atoms with van der Waals surface area (Å²) in [6, 6.07) is 19.7. The largest absolute Gasteiger partial charge is 0.393 e. The molecule has 0 radical (unpaired) electrons. The van der Waals surface area contributed by atoms with Crippen LogP contribution in [-0.4, -0.2) is 48.2 Å². The summed E-state index contributed by atoms with van der Waals surface area (Å²) in [5, 5.41) is 16.6. The van der Waals surface area contributed by atoms with Gasteiger partial charge in [0.1, 0.15) is 0 Å². The molecular formula is C25H37IN4O. The van der Waals surface area contributed by atoms with E-state index in [0.717, 1.165) is 57.8 Å². The SMILES string of the molecule is CN=C(NCc1ccc(CN2CCC(O)CC2)cc1)NC(C)CCc1ccccc1.I. The third-order valence-electron chi connectivity index (χ3n) is 5.76. The molecule has 1 aliphatic heterocycles. The van der Waals surface area contributed by atoms with Gasteiger partial charge < -0.3 is 15.7 Å². The summed E-state index contributed by atoms with van der Waals surface area (Å²) in [4.78, 5) is 6.79. The Kier molecular flexibility index (Phi) is 11.3. The average Bonchev–Trinajstić information content (AvgIpc) is 2.78. The number of guanidine groups is 1. The maximum absolute atomic E-state index is 9.64. The molecule has 5 nitrogen and oxygen atoms in total. The maximum Gasteiger partial charge on any atom is 0.191 e. The second-order valence-electron chi connectivity index (χ2n) is 8.32. The quantitative estimate of drug-likeness (QED) is 0.272. The number of rotatable bonds is 8. The molecule has 2 aromatic carbocycles. The van der Waals surface area contributed by atoms with Gasteiger partial charge in [0, 0.05) is 39.3 Å². The van der Waals surface area contributed by atoms with E-state index in [0.29, 0.717) is 6.04 Å². The Bertz CT molecular complexity index is 774. The number of likely N-dealkylation sites (tertiary alicyclic amines) is 1. The molecule has 0 amide bonds. The van der Waals surface area contributed by atoms with Gasteiger partial charge in [0.2, 0.25) is 0 Å². The summed E-state index contributed by atoms with van der Waals surface area (Å²) in [7, 11) is 1.82. The van der Waals surface area contributed by atoms with Crippen molar-refractivity contribution in [1.29, 1.82) is 0 Å². The van der Waals surface area contributed by atoms with Gasteiger partial charge in [0.15, 0.2) is 5.96 Å². The number of hydrogen-bond donors (Lipinski definition) is 3. The van der Waals surface area contributed by atoms with E-state index in [2.05, 4.69) is 82.0 Å². The third-order valence-corrected chi connectivity index (χ3v) is 5.76. The molecule has 3 N–H and O–H groups in total. The standard InChI is InChI=1S/C25H36N4O.HI/c1-20(8-9-21-6-4-3-5-7-21)28-25(26-2)27-18-22-10-12-23(13-11-22)19-29-16-14-24(30)15-17-29;/h3-7,10-13,20,24,30H,8-9,14-19H2,1-2H3,(H2,26,27,28);1H. The van der Waals surface area contributed by atoms with E-state index >= 15 is 0 Å². The fourth-order valence-electron chi connectivity index (χ4n) is 3.81. The van der Waals surface area contributed by atoms with Crippen molar-refractivity contribution in [3.63, 3.8) is 0 Å². The van der Waals surface area contributed by atoms with Gasteiger partial charge >= 0.3 is 0 Å². The first-order chi connectivity index (χ1) is 14.6. The summed E-state index contributed by atoms with van der Waals surface area (Å²) in [6.45, 7) is 5.87. The lowest BCUT2D eigenvalue weighted by Gasteiger charge is -2.29. The Morgan fingerprint density at radius 2 is 1.68 bits per heavy atom. The van der Waals surface area contributed by atoms with Crippen molar-refractivity contribution in [2.45, 2.75) is 57.8 Å². The molecule has 6 heteroatoms. The number of halogens is 1. The molecule has 0 spiro atoms. The molecule has 1 fully saturated rings. The predicted octanol–water partition coefficient (Wildman–Crippen LogP) is 3.95. The zero-order valence-corrected chi connectivity index (χ0v) is 21.1. The van der Waals surface area contributed by atoms with Gasteiger partial charge in [0.25, 0.3) is 0 Å². The molecule has 0 aromatic heterocycles. The summed E-state index contributed by atoms with van der Waals surface area (Å²) in [6.07, 6.45) is 3.78. The van der Waals surface area contributed by atoms with Crippen LogP contribution in [0, 0.1) is 0 Å². The topological polar surface area (TPSA) is 59.9 Å². The zero-order chi connectivity index (χ0) is 21.2. The number of aryl methyl sites for hydroxylation is 1. The lowest BCUT2D eigenvalue weighted by Crippen LogP contribution is -2.42. The minimum atomic E-state index is -0.112. The number of aliphatic hydroxyl groups excluding tert-OH is 1. The van der Waals surface area contributed by atoms with Gasteiger partial charge in [-0.15, -0.1) is 24.0 Å². The molecule has 170 valence electrons. The van der Waals surface area contributed by atoms with Gasteiger partial charge in [-0.05, 0) is 49.3 Å². The van der Waals surface area contributed by atoms with Crippen molar-refractivity contribution in [3.8, 4) is 0 Å². The molecule has 1 atom stereocenters. The van der Waals surface area contributed by atoms with E-state index in [4.69, 9.17) is 0 Å². The van der Waals surface area contributed by atoms with Crippen LogP contribution in [0.15, 0.2) is 59.6 Å². The Hall–Kier alpha value is -1.64. The summed E-state index contributed by atoms with van der Waals surface area (Å²) in [5.74, 6) is 0.839. The van der Waals surface area contributed by atoms with Crippen LogP contribution in [0.3, 0.4) is 0 Å². The van der Waals surface area contributed by atoms with Gasteiger partial charge in [-0.3, -0.25) is 9.89 Å². The summed E-state index contributed by atoms with van der Waals surface area (Å²) in [5.41, 5.74) is 3.94. The van der Waals surface area contributed by atoms with Crippen LogP contribution in [0.4, 0.5) is 0 Å². The Morgan fingerprint density at radius 1 is 1.03 bits per heavy atom. The molecule has 0 bridgehead atoms. The smallest absolute Gasteiger partial charge is 0.191 e. The number of nitrogens with one attached hydrogen (secondary N) is 2. The highest BCUT2D eigenvalue weighted by molar-refractivity contribution is 14.0. The highest BCUT2D eigenvalue weighted by Crippen LogP contribution is 2.14. The van der Waals surface area contributed by atoms with E-state index in [-0.39, 0.29) is 30.1 Å². The first kappa shape index (κ1) is 25.6. The van der Waals surface area contributed by atoms with Crippen LogP contribution in [0.25, 0.3) is 0 Å². The molecule has 1 unspecified atom stereocenters. The van der Waals surface area contributed by atoms with E-state index in [1.54, 1.807) is 0 Å². The van der Waals surface area contributed by atoms with E-state index in [9.17, 15) is 5.11 Å². The minimum Gasteiger partial charge on any atom is -0.393 e. The molecule has 1 saturated heterocycles. The van der Waals surface area contributed by atoms with Crippen molar-refractivity contribution >= 4 is 29.9 Å². The number of aliphatic imine (C=N–C) groups is 1. The van der Waals surface area contributed by atoms with Crippen molar-refractivity contribution in [2.75, 3.05) is 20.1 Å². The fourth-order valence-corrected chi connectivity index (χ4v) is 3.81. The molecule has 31 heavy (non-hydrogen) atoms. The van der Waals surface area contributed by atoms with Gasteiger partial charge in [0.05, 0.1) is 6.10 Å². The average molecular weight is 537 g/mol. The van der Waals surface area contributed by atoms with Crippen molar-refractivity contribution < 1.29 is 5.11 Å². The van der Waals surface area contributed by atoms with Crippen LogP contribution in [0.5, 0.6) is 0 Å². The fraction of sp³-hybridized carbons (Fsp3) is 0.480. The van der Waals surface area contributed by atoms with Crippen molar-refractivity contribution in [1.82, 2.24) is 15.5 Å². The number of piperidine rings is 1. The van der Waals surface area contributed by atoms with Crippen molar-refractivity contribution in [2.24, 2.45) is 4.99 Å². The van der Waals surface area contributed by atoms with Crippen molar-refractivity contribution in [3.05, 3.63) is 71.3 Å². The molecule has 1 aliphatic rings. The molecular weight excluding hydrogens is 499 g/mol. The van der Waals surface area contributed by atoms with Crippen LogP contribution < -0.4 is 10.6 Å². The second-order valence-corrected chi connectivity index (χ2v) is 8.32. The van der Waals surface area contributed by atoms with E-state index in [1.165, 1.54) is 16.7 Å². The highest BCUT2D eigenvalue weighted by Gasteiger charge is 2.16. The molecule has 3 rings (SSSR count). The minimum absolute atomic E-state index is 0. The Balaban J connectivity index is 0.00000341. The summed E-state index contributed by atoms with van der Waals surface area (Å²) < 4.78 is 0. The van der Waals surface area contributed by atoms with Crippen LogP contribution >= 0.6 is 24.0 Å². The maximum atomic E-state index is 9.64. The number of nitrogens with zero attached hydrogens (tertiary/aromatic N) is 2. The van der Waals surface area contributed by atoms with Crippen LogP contribution in [-0.2, 0) is 19.5 Å². The van der Waals surface area contributed by atoms with E-state index in [1.807, 2.05) is 7.05 Å². The number of hydrogen-bond acceptors (Lipinski definition) is 3. The molecule has 1 heterocycles. The van der Waals surface area contributed by atoms with Crippen LogP contribution in [0.1, 0.15) is 42.9 Å². The Labute approximate surface area is 204 Å². The molecule has 0 saturated carbocycles. The van der Waals surface area contributed by atoms with E-state index < -0.39 is 0 Å². The molecule has 2 aromatic rings. The first-order valence-corrected chi connectivity index (χ1v) is 11.1. The summed E-state index contributed by atoms with van der Waals surface area (Å²) >= 11 is 0. The van der Waals surface area contributed by atoms with Gasteiger partial charge in [-0.2, -0.15) is 0 Å². The van der Waals surface area contributed by atoms with Gasteiger partial charge in [-0.1, -0.05) is 54.6 Å². The number of benzene rings is 2. The highest BCUT2D eigenvalue weighted by atomic mass is 127. The third kappa shape index (κ3) is 9.17. The lowest BCUT2D eigenvalue weighted by molar-refractivity contribution is 0.0792. The predicted molar refractivity (Wildman–Crippen MR) is 140 cm³/mol. The molecule has 0 aliphatic carbocycles. The monoisotopic (exact) mass is 536 g/mol. The Morgan fingerprint density at radius 3 is 2.32 bits per heavy atom. The zero-order valence-electron chi connectivity index (χ0n) is 18.8. The second kappa shape index (κ2) is 13.7. The van der Waals surface area contributed by atoms with Gasteiger partial charge in [-0.25, -0.2) is 0 Å². The lowest BCUT2D eigenvalue weighted by atomic mass is 10.1. The normalized spacial score (nSPS) is 16.4. The first-order valence-electron chi connectivity index (χ1n) is 11.1. The van der Waals surface area contributed by atoms with Crippen LogP contribution in [0.2, 0.25) is 0 Å².